The molecule has 0 atom stereocenters. The fourth-order valence-corrected chi connectivity index (χ4v) is 4.99. The minimum absolute atomic E-state index is 0.0842. The lowest BCUT2D eigenvalue weighted by Crippen LogP contribution is -2.24. The van der Waals surface area contributed by atoms with Gasteiger partial charge >= 0.3 is 0 Å². The highest BCUT2D eigenvalue weighted by Gasteiger charge is 2.10. The van der Waals surface area contributed by atoms with Gasteiger partial charge in [0.2, 0.25) is 0 Å². The summed E-state index contributed by atoms with van der Waals surface area (Å²) in [5, 5.41) is 4.03. The van der Waals surface area contributed by atoms with Gasteiger partial charge in [-0.2, -0.15) is 0 Å². The summed E-state index contributed by atoms with van der Waals surface area (Å²) >= 11 is 2.31. The Morgan fingerprint density at radius 1 is 0.939 bits per heavy atom. The fourth-order valence-electron chi connectivity index (χ4n) is 3.58. The molecule has 172 valence electrons. The molecule has 1 N–H and O–H groups in total. The van der Waals surface area contributed by atoms with Crippen molar-refractivity contribution < 1.29 is 13.6 Å². The molecule has 1 heterocycles. The van der Waals surface area contributed by atoms with Crippen molar-refractivity contribution in [1.29, 1.82) is 0 Å². The highest BCUT2D eigenvalue weighted by atomic mass is 127. The molecule has 3 aromatic carbocycles. The number of rotatable bonds is 4. The molecular formula is C26H25F2IN2OS. The first kappa shape index (κ1) is 25.2. The molecular weight excluding hydrogens is 553 g/mol. The standard InChI is InChI=1S/C16H15F2NO.C10H10INS/c1-10-4-3-5-15(11(10)2)16(20)19-9-12-6-13(17)8-14(18)7-12;1-7-3-4-8(2)10-9(7)5-6-12(10)13-11/h3-8H,9H2,1-2H3,(H,19,20);3-6H,1-2H3. The van der Waals surface area contributed by atoms with Crippen LogP contribution in [-0.2, 0) is 6.54 Å². The Morgan fingerprint density at radius 2 is 1.61 bits per heavy atom. The van der Waals surface area contributed by atoms with E-state index in [-0.39, 0.29) is 12.5 Å². The van der Waals surface area contributed by atoms with Crippen molar-refractivity contribution in [2.45, 2.75) is 34.2 Å². The van der Waals surface area contributed by atoms with Crippen LogP contribution in [0.5, 0.6) is 0 Å². The second-order valence-corrected chi connectivity index (χ2v) is 9.59. The topological polar surface area (TPSA) is 34.0 Å². The molecule has 0 saturated carbocycles. The van der Waals surface area contributed by atoms with Crippen molar-refractivity contribution in [3.63, 3.8) is 0 Å². The molecule has 3 nitrogen and oxygen atoms in total. The van der Waals surface area contributed by atoms with Gasteiger partial charge in [-0.1, -0.05) is 24.3 Å². The summed E-state index contributed by atoms with van der Waals surface area (Å²) < 4.78 is 28.3. The molecule has 0 aliphatic rings. The highest BCUT2D eigenvalue weighted by Crippen LogP contribution is 2.29. The summed E-state index contributed by atoms with van der Waals surface area (Å²) in [6, 6.07) is 15.2. The van der Waals surface area contributed by atoms with Crippen LogP contribution in [0.1, 0.15) is 38.2 Å². The molecule has 0 radical (unpaired) electrons. The Morgan fingerprint density at radius 3 is 2.27 bits per heavy atom. The van der Waals surface area contributed by atoms with E-state index < -0.39 is 11.6 Å². The van der Waals surface area contributed by atoms with Crippen molar-refractivity contribution in [2.24, 2.45) is 0 Å². The van der Waals surface area contributed by atoms with Gasteiger partial charge in [-0.05, 0) is 79.8 Å². The first-order chi connectivity index (χ1) is 15.7. The van der Waals surface area contributed by atoms with E-state index in [0.29, 0.717) is 11.1 Å². The van der Waals surface area contributed by atoms with Crippen LogP contribution >= 0.6 is 30.3 Å². The van der Waals surface area contributed by atoms with E-state index in [1.807, 2.05) is 19.9 Å². The number of hydrogen-bond acceptors (Lipinski definition) is 2. The molecule has 1 aromatic heterocycles. The number of nitrogens with one attached hydrogen (secondary N) is 1. The number of carbonyl (C=O) groups is 1. The summed E-state index contributed by atoms with van der Waals surface area (Å²) in [6.07, 6.45) is 2.13. The Labute approximate surface area is 209 Å². The van der Waals surface area contributed by atoms with Crippen LogP contribution in [0.15, 0.2) is 60.8 Å². The van der Waals surface area contributed by atoms with Crippen molar-refractivity contribution in [1.82, 2.24) is 9.29 Å². The van der Waals surface area contributed by atoms with Gasteiger partial charge in [0.15, 0.2) is 0 Å². The molecule has 0 saturated heterocycles. The van der Waals surface area contributed by atoms with Gasteiger partial charge in [-0.3, -0.25) is 8.77 Å². The SMILES string of the molecule is Cc1ccc(C)c2c1ccn2SI.Cc1cccc(C(=O)NCc2cc(F)cc(F)c2)c1C. The van der Waals surface area contributed by atoms with Crippen LogP contribution < -0.4 is 5.32 Å². The van der Waals surface area contributed by atoms with Gasteiger partial charge in [-0.15, -0.1) is 0 Å². The van der Waals surface area contributed by atoms with Crippen LogP contribution in [-0.4, -0.2) is 9.88 Å². The number of benzene rings is 3. The van der Waals surface area contributed by atoms with Crippen LogP contribution in [0.25, 0.3) is 10.9 Å². The van der Waals surface area contributed by atoms with Crippen molar-refractivity contribution in [3.05, 3.63) is 106 Å². The average Bonchev–Trinajstić information content (AvgIpc) is 3.22. The summed E-state index contributed by atoms with van der Waals surface area (Å²) in [6.45, 7) is 8.19. The zero-order chi connectivity index (χ0) is 24.1. The molecule has 0 aliphatic heterocycles. The first-order valence-corrected chi connectivity index (χ1v) is 13.7. The maximum Gasteiger partial charge on any atom is 0.251 e. The molecule has 0 aliphatic carbocycles. The maximum absolute atomic E-state index is 13.0. The summed E-state index contributed by atoms with van der Waals surface area (Å²) in [5.41, 5.74) is 6.92. The van der Waals surface area contributed by atoms with E-state index in [0.717, 1.165) is 17.2 Å². The van der Waals surface area contributed by atoms with Crippen molar-refractivity contribution >= 4 is 47.1 Å². The van der Waals surface area contributed by atoms with E-state index in [9.17, 15) is 13.6 Å². The van der Waals surface area contributed by atoms with Gasteiger partial charge in [-0.25, -0.2) is 8.78 Å². The third kappa shape index (κ3) is 6.14. The van der Waals surface area contributed by atoms with Crippen molar-refractivity contribution in [3.8, 4) is 0 Å². The first-order valence-electron chi connectivity index (χ1n) is 10.4. The molecule has 4 aromatic rings. The normalized spacial score (nSPS) is 10.6. The molecule has 7 heteroatoms. The van der Waals surface area contributed by atoms with Gasteiger partial charge in [0.1, 0.15) is 11.6 Å². The lowest BCUT2D eigenvalue weighted by Gasteiger charge is -2.09. The summed E-state index contributed by atoms with van der Waals surface area (Å²) in [7, 11) is 1.71. The van der Waals surface area contributed by atoms with Gasteiger partial charge < -0.3 is 5.32 Å². The average molecular weight is 578 g/mol. The predicted octanol–water partition coefficient (Wildman–Crippen LogP) is 7.62. The third-order valence-corrected chi connectivity index (χ3v) is 7.26. The summed E-state index contributed by atoms with van der Waals surface area (Å²) in [5.74, 6) is -1.56. The van der Waals surface area contributed by atoms with E-state index in [4.69, 9.17) is 0 Å². The van der Waals surface area contributed by atoms with Crippen LogP contribution in [0, 0.1) is 39.3 Å². The molecule has 0 fully saturated rings. The Balaban J connectivity index is 0.000000203. The molecule has 4 rings (SSSR count). The monoisotopic (exact) mass is 578 g/mol. The largest absolute Gasteiger partial charge is 0.348 e. The Hall–Kier alpha value is -2.39. The number of fused-ring (bicyclic) bond motifs is 1. The number of nitrogens with zero attached hydrogens (tertiary/aromatic N) is 1. The smallest absolute Gasteiger partial charge is 0.251 e. The lowest BCUT2D eigenvalue weighted by atomic mass is 10.0. The molecule has 0 unspecified atom stereocenters. The fraction of sp³-hybridized carbons (Fsp3) is 0.192. The van der Waals surface area contributed by atoms with Gasteiger partial charge in [0.05, 0.1) is 5.52 Å². The van der Waals surface area contributed by atoms with Crippen LogP contribution in [0.3, 0.4) is 0 Å². The number of aryl methyl sites for hydroxylation is 3. The van der Waals surface area contributed by atoms with Crippen LogP contribution in [0.2, 0.25) is 0 Å². The van der Waals surface area contributed by atoms with E-state index in [2.05, 4.69) is 68.7 Å². The number of carbonyl (C=O) groups excluding carboxylic acids is 1. The van der Waals surface area contributed by atoms with E-state index >= 15 is 0 Å². The van der Waals surface area contributed by atoms with E-state index in [1.165, 1.54) is 34.2 Å². The van der Waals surface area contributed by atoms with Gasteiger partial charge in [0, 0.05) is 60.1 Å². The zero-order valence-electron chi connectivity index (χ0n) is 18.9. The van der Waals surface area contributed by atoms with Gasteiger partial charge in [0.25, 0.3) is 5.91 Å². The molecule has 1 amide bonds. The Bertz CT molecular complexity index is 1280. The quantitative estimate of drug-likeness (QED) is 0.253. The highest BCUT2D eigenvalue weighted by molar-refractivity contribution is 14.2. The second kappa shape index (κ2) is 11.2. The predicted molar refractivity (Wildman–Crippen MR) is 142 cm³/mol. The number of aromatic nitrogens is 1. The molecule has 0 spiro atoms. The van der Waals surface area contributed by atoms with E-state index in [1.54, 1.807) is 21.3 Å². The minimum Gasteiger partial charge on any atom is -0.348 e. The number of halogens is 3. The lowest BCUT2D eigenvalue weighted by molar-refractivity contribution is 0.0950. The molecule has 0 bridgehead atoms. The van der Waals surface area contributed by atoms with Crippen LogP contribution in [0.4, 0.5) is 8.78 Å². The summed E-state index contributed by atoms with van der Waals surface area (Å²) in [4.78, 5) is 12.1. The Kier molecular flexibility index (Phi) is 8.53. The zero-order valence-corrected chi connectivity index (χ0v) is 21.9. The molecule has 33 heavy (non-hydrogen) atoms. The second-order valence-electron chi connectivity index (χ2n) is 7.88. The number of amides is 1. The maximum atomic E-state index is 13.0. The van der Waals surface area contributed by atoms with Crippen molar-refractivity contribution in [2.75, 3.05) is 0 Å². The minimum atomic E-state index is -0.652. The number of hydrogen-bond donors (Lipinski definition) is 1. The third-order valence-electron chi connectivity index (χ3n) is 5.53.